The van der Waals surface area contributed by atoms with E-state index in [1.54, 1.807) is 17.0 Å². The molecule has 4 nitrogen and oxygen atoms in total. The van der Waals surface area contributed by atoms with E-state index in [0.717, 1.165) is 24.8 Å². The van der Waals surface area contributed by atoms with Gasteiger partial charge in [-0.3, -0.25) is 0 Å². The second-order valence-electron chi connectivity index (χ2n) is 6.47. The molecule has 1 aliphatic rings. The fourth-order valence-corrected chi connectivity index (χ4v) is 2.57. The summed E-state index contributed by atoms with van der Waals surface area (Å²) >= 11 is 0. The summed E-state index contributed by atoms with van der Waals surface area (Å²) in [5.41, 5.74) is 5.87. The Morgan fingerprint density at radius 1 is 1.38 bits per heavy atom. The number of nitrogen functional groups attached to an aromatic ring is 1. The van der Waals surface area contributed by atoms with Crippen molar-refractivity contribution in [2.24, 2.45) is 0 Å². The molecule has 5 heteroatoms. The van der Waals surface area contributed by atoms with Gasteiger partial charge in [-0.15, -0.1) is 0 Å². The van der Waals surface area contributed by atoms with E-state index >= 15 is 0 Å². The first-order valence-corrected chi connectivity index (χ1v) is 7.32. The summed E-state index contributed by atoms with van der Waals surface area (Å²) < 4.78 is 19.1. The topological polar surface area (TPSA) is 55.6 Å². The van der Waals surface area contributed by atoms with Crippen LogP contribution in [0.2, 0.25) is 0 Å². The number of nitrogens with two attached hydrogens (primary N) is 1. The van der Waals surface area contributed by atoms with Crippen molar-refractivity contribution in [1.29, 1.82) is 0 Å². The molecular weight excluding hydrogens is 271 g/mol. The lowest BCUT2D eigenvalue weighted by Crippen LogP contribution is -2.41. The van der Waals surface area contributed by atoms with Gasteiger partial charge in [0.25, 0.3) is 0 Å². The molecule has 116 valence electrons. The number of rotatable bonds is 1. The van der Waals surface area contributed by atoms with Crippen molar-refractivity contribution in [3.8, 4) is 0 Å². The fraction of sp³-hybridized carbons (Fsp3) is 0.562. The lowest BCUT2D eigenvalue weighted by atomic mass is 9.95. The molecular formula is C16H23FN2O2. The Morgan fingerprint density at radius 2 is 2.10 bits per heavy atom. The predicted octanol–water partition coefficient (Wildman–Crippen LogP) is 3.87. The Kier molecular flexibility index (Phi) is 4.40. The molecule has 1 aromatic rings. The van der Waals surface area contributed by atoms with Crippen LogP contribution in [0.15, 0.2) is 18.2 Å². The zero-order valence-corrected chi connectivity index (χ0v) is 12.9. The third-order valence-electron chi connectivity index (χ3n) is 3.54. The number of ether oxygens (including phenoxy) is 1. The van der Waals surface area contributed by atoms with Gasteiger partial charge in [-0.25, -0.2) is 9.18 Å². The van der Waals surface area contributed by atoms with Crippen LogP contribution in [0.4, 0.5) is 14.9 Å². The lowest BCUT2D eigenvalue weighted by molar-refractivity contribution is 0.00948. The van der Waals surface area contributed by atoms with Gasteiger partial charge in [0, 0.05) is 6.54 Å². The Hall–Kier alpha value is -1.78. The zero-order chi connectivity index (χ0) is 15.6. The maximum absolute atomic E-state index is 13.7. The second-order valence-corrected chi connectivity index (χ2v) is 6.47. The summed E-state index contributed by atoms with van der Waals surface area (Å²) in [4.78, 5) is 14.0. The molecule has 21 heavy (non-hydrogen) atoms. The minimum absolute atomic E-state index is 0.123. The number of hydrogen-bond acceptors (Lipinski definition) is 3. The van der Waals surface area contributed by atoms with Crippen molar-refractivity contribution in [2.45, 2.75) is 51.7 Å². The molecule has 0 radical (unpaired) electrons. The van der Waals surface area contributed by atoms with Crippen molar-refractivity contribution in [1.82, 2.24) is 4.90 Å². The molecule has 1 saturated heterocycles. The summed E-state index contributed by atoms with van der Waals surface area (Å²) in [5.74, 6) is -0.442. The molecule has 1 aliphatic heterocycles. The molecule has 0 saturated carbocycles. The number of benzene rings is 1. The molecule has 1 amide bonds. The van der Waals surface area contributed by atoms with Crippen LogP contribution in [-0.2, 0) is 4.74 Å². The van der Waals surface area contributed by atoms with E-state index in [1.807, 2.05) is 20.8 Å². The van der Waals surface area contributed by atoms with Gasteiger partial charge in [0.1, 0.15) is 11.4 Å². The molecule has 0 spiro atoms. The molecule has 0 bridgehead atoms. The number of hydrogen-bond donors (Lipinski definition) is 1. The first kappa shape index (κ1) is 15.6. The van der Waals surface area contributed by atoms with Crippen LogP contribution >= 0.6 is 0 Å². The van der Waals surface area contributed by atoms with E-state index in [1.165, 1.54) is 6.07 Å². The smallest absolute Gasteiger partial charge is 0.410 e. The Morgan fingerprint density at radius 3 is 2.71 bits per heavy atom. The summed E-state index contributed by atoms with van der Waals surface area (Å²) in [6.45, 7) is 6.15. The third kappa shape index (κ3) is 3.86. The number of carbonyl (C=O) groups excluding carboxylic acids is 1. The molecule has 1 heterocycles. The number of anilines is 1. The van der Waals surface area contributed by atoms with Crippen LogP contribution in [0, 0.1) is 5.82 Å². The van der Waals surface area contributed by atoms with E-state index < -0.39 is 11.4 Å². The van der Waals surface area contributed by atoms with Gasteiger partial charge in [0.15, 0.2) is 0 Å². The van der Waals surface area contributed by atoms with E-state index in [2.05, 4.69) is 0 Å². The molecule has 1 fully saturated rings. The number of amides is 1. The minimum Gasteiger partial charge on any atom is -0.444 e. The highest BCUT2D eigenvalue weighted by Crippen LogP contribution is 2.33. The first-order valence-electron chi connectivity index (χ1n) is 7.32. The Bertz CT molecular complexity index is 525. The average molecular weight is 294 g/mol. The van der Waals surface area contributed by atoms with Crippen molar-refractivity contribution >= 4 is 11.8 Å². The van der Waals surface area contributed by atoms with E-state index in [4.69, 9.17) is 10.5 Å². The highest BCUT2D eigenvalue weighted by atomic mass is 19.1. The van der Waals surface area contributed by atoms with Gasteiger partial charge in [-0.2, -0.15) is 0 Å². The lowest BCUT2D eigenvalue weighted by Gasteiger charge is -2.37. The van der Waals surface area contributed by atoms with Crippen molar-refractivity contribution < 1.29 is 13.9 Å². The number of halogens is 1. The highest BCUT2D eigenvalue weighted by Gasteiger charge is 2.31. The van der Waals surface area contributed by atoms with E-state index in [-0.39, 0.29) is 17.8 Å². The normalized spacial score (nSPS) is 19.4. The molecule has 2 N–H and O–H groups in total. The quantitative estimate of drug-likeness (QED) is 0.800. The summed E-state index contributed by atoms with van der Waals surface area (Å²) in [5, 5.41) is 0. The van der Waals surface area contributed by atoms with Crippen LogP contribution in [0.5, 0.6) is 0 Å². The van der Waals surface area contributed by atoms with Crippen LogP contribution < -0.4 is 5.73 Å². The standard InChI is InChI=1S/C16H23FN2O2/c1-16(2,3)21-15(20)19-9-5-4-6-14(19)11-7-8-13(18)12(17)10-11/h7-8,10,14H,4-6,9,18H2,1-3H3. The van der Waals surface area contributed by atoms with Gasteiger partial charge < -0.3 is 15.4 Å². The van der Waals surface area contributed by atoms with Gasteiger partial charge in [-0.1, -0.05) is 6.07 Å². The molecule has 1 atom stereocenters. The SMILES string of the molecule is CC(C)(C)OC(=O)N1CCCCC1c1ccc(N)c(F)c1. The van der Waals surface area contributed by atoms with Crippen LogP contribution in [0.25, 0.3) is 0 Å². The van der Waals surface area contributed by atoms with E-state index in [9.17, 15) is 9.18 Å². The maximum atomic E-state index is 13.7. The number of nitrogens with zero attached hydrogens (tertiary/aromatic N) is 1. The third-order valence-corrected chi connectivity index (χ3v) is 3.54. The molecule has 1 unspecified atom stereocenters. The molecule has 0 aromatic heterocycles. The highest BCUT2D eigenvalue weighted by molar-refractivity contribution is 5.69. The molecule has 0 aliphatic carbocycles. The fourth-order valence-electron chi connectivity index (χ4n) is 2.57. The van der Waals surface area contributed by atoms with Gasteiger partial charge >= 0.3 is 6.09 Å². The van der Waals surface area contributed by atoms with Crippen molar-refractivity contribution in [3.63, 3.8) is 0 Å². The summed E-state index contributed by atoms with van der Waals surface area (Å²) in [6, 6.07) is 4.60. The number of likely N-dealkylation sites (tertiary alicyclic amines) is 1. The van der Waals surface area contributed by atoms with Crippen LogP contribution in [0.1, 0.15) is 51.6 Å². The Labute approximate surface area is 125 Å². The minimum atomic E-state index is -0.536. The molecule has 2 rings (SSSR count). The van der Waals surface area contributed by atoms with Gasteiger partial charge in [0.05, 0.1) is 11.7 Å². The van der Waals surface area contributed by atoms with Crippen molar-refractivity contribution in [3.05, 3.63) is 29.6 Å². The average Bonchev–Trinajstić information content (AvgIpc) is 2.40. The monoisotopic (exact) mass is 294 g/mol. The maximum Gasteiger partial charge on any atom is 0.410 e. The van der Waals surface area contributed by atoms with Gasteiger partial charge in [0.2, 0.25) is 0 Å². The number of carbonyl (C=O) groups is 1. The number of piperidine rings is 1. The van der Waals surface area contributed by atoms with Crippen LogP contribution in [0.3, 0.4) is 0 Å². The second kappa shape index (κ2) is 5.92. The predicted molar refractivity (Wildman–Crippen MR) is 80.3 cm³/mol. The van der Waals surface area contributed by atoms with Gasteiger partial charge in [-0.05, 0) is 57.7 Å². The summed E-state index contributed by atoms with van der Waals surface area (Å²) in [6.07, 6.45) is 2.41. The molecule has 1 aromatic carbocycles. The van der Waals surface area contributed by atoms with E-state index in [0.29, 0.717) is 6.54 Å². The first-order chi connectivity index (χ1) is 9.78. The Balaban J connectivity index is 2.22. The largest absolute Gasteiger partial charge is 0.444 e. The van der Waals surface area contributed by atoms with Crippen LogP contribution in [-0.4, -0.2) is 23.1 Å². The van der Waals surface area contributed by atoms with Crippen molar-refractivity contribution in [2.75, 3.05) is 12.3 Å². The zero-order valence-electron chi connectivity index (χ0n) is 12.9. The summed E-state index contributed by atoms with van der Waals surface area (Å²) in [7, 11) is 0.